The van der Waals surface area contributed by atoms with Crippen LogP contribution in [0, 0.1) is 6.92 Å². The number of aryl methyl sites for hydroxylation is 2. The highest BCUT2D eigenvalue weighted by atomic mass is 16.2. The zero-order valence-electron chi connectivity index (χ0n) is 21.3. The van der Waals surface area contributed by atoms with Gasteiger partial charge in [-0.2, -0.15) is 0 Å². The second-order valence-corrected chi connectivity index (χ2v) is 9.34. The maximum atomic E-state index is 14.0. The van der Waals surface area contributed by atoms with Gasteiger partial charge in [0.05, 0.1) is 5.52 Å². The minimum Gasteiger partial charge on any atom is -0.358 e. The number of amides is 1. The van der Waals surface area contributed by atoms with Crippen LogP contribution in [0.4, 0.5) is 5.95 Å². The Hall–Kier alpha value is -4.06. The van der Waals surface area contributed by atoms with Gasteiger partial charge in [0.15, 0.2) is 11.3 Å². The van der Waals surface area contributed by atoms with E-state index >= 15 is 0 Å². The monoisotopic (exact) mass is 505 g/mol. The fourth-order valence-electron chi connectivity index (χ4n) is 5.03. The van der Waals surface area contributed by atoms with Crippen LogP contribution in [0.2, 0.25) is 0 Å². The average molecular weight is 506 g/mol. The number of hydrogen-bond acceptors (Lipinski definition) is 8. The maximum absolute atomic E-state index is 14.0. The molecule has 1 aliphatic heterocycles. The summed E-state index contributed by atoms with van der Waals surface area (Å²) in [6.07, 6.45) is 1.82. The third-order valence-corrected chi connectivity index (χ3v) is 6.87. The number of imidazole rings is 1. The molecule has 3 N–H and O–H groups in total. The SMILES string of the molecule is CCn1c(N2CCCC(N)C2)nc2c(=O)n(CC(=O)NC)n(Cc3nc(C)c4ccccc4n3)c(=O)c21. The molecule has 1 aliphatic rings. The van der Waals surface area contributed by atoms with Crippen molar-refractivity contribution in [2.45, 2.75) is 52.4 Å². The van der Waals surface area contributed by atoms with Gasteiger partial charge in [0.2, 0.25) is 11.9 Å². The lowest BCUT2D eigenvalue weighted by molar-refractivity contribution is -0.121. The zero-order valence-corrected chi connectivity index (χ0v) is 21.3. The van der Waals surface area contributed by atoms with Gasteiger partial charge in [-0.05, 0) is 32.8 Å². The van der Waals surface area contributed by atoms with Crippen molar-refractivity contribution in [3.05, 3.63) is 56.5 Å². The number of nitrogens with two attached hydrogens (primary N) is 1. The van der Waals surface area contributed by atoms with E-state index in [4.69, 9.17) is 5.73 Å². The molecule has 0 aliphatic carbocycles. The second-order valence-electron chi connectivity index (χ2n) is 9.34. The zero-order chi connectivity index (χ0) is 26.3. The Balaban J connectivity index is 1.72. The standard InChI is InChI=1S/C25H31N9O3/c1-4-32-22-21(30-25(32)31-11-7-8-16(26)12-31)23(36)34(14-20(35)27-3)33(24(22)37)13-19-28-15(2)17-9-5-6-10-18(17)29-19/h5-6,9-10,16H,4,7-8,11-14,26H2,1-3H3,(H,27,35). The van der Waals surface area contributed by atoms with E-state index in [1.54, 1.807) is 4.57 Å². The summed E-state index contributed by atoms with van der Waals surface area (Å²) in [7, 11) is 1.48. The van der Waals surface area contributed by atoms with E-state index in [1.165, 1.54) is 11.7 Å². The highest BCUT2D eigenvalue weighted by Crippen LogP contribution is 2.22. The van der Waals surface area contributed by atoms with Crippen LogP contribution >= 0.6 is 0 Å². The number of nitrogens with zero attached hydrogens (tertiary/aromatic N) is 7. The summed E-state index contributed by atoms with van der Waals surface area (Å²) in [4.78, 5) is 55.9. The van der Waals surface area contributed by atoms with Gasteiger partial charge in [-0.1, -0.05) is 18.2 Å². The number of likely N-dealkylation sites (N-methyl/N-ethyl adjacent to an activating group) is 1. The van der Waals surface area contributed by atoms with E-state index in [9.17, 15) is 14.4 Å². The largest absolute Gasteiger partial charge is 0.358 e. The second kappa shape index (κ2) is 9.77. The molecule has 1 saturated heterocycles. The molecule has 4 heterocycles. The maximum Gasteiger partial charge on any atom is 0.294 e. The molecule has 194 valence electrons. The van der Waals surface area contributed by atoms with Crippen molar-refractivity contribution in [3.63, 3.8) is 0 Å². The van der Waals surface area contributed by atoms with E-state index in [1.807, 2.05) is 43.0 Å². The van der Waals surface area contributed by atoms with Crippen LogP contribution < -0.4 is 27.1 Å². The van der Waals surface area contributed by atoms with Gasteiger partial charge >= 0.3 is 0 Å². The molecule has 1 aromatic carbocycles. The fraction of sp³-hybridized carbons (Fsp3) is 0.440. The highest BCUT2D eigenvalue weighted by molar-refractivity contribution is 5.81. The Morgan fingerprint density at radius 1 is 1.14 bits per heavy atom. The Bertz CT molecular complexity index is 1620. The summed E-state index contributed by atoms with van der Waals surface area (Å²) in [6.45, 7) is 5.14. The molecule has 0 saturated carbocycles. The van der Waals surface area contributed by atoms with E-state index in [2.05, 4.69) is 20.3 Å². The molecule has 0 radical (unpaired) electrons. The average Bonchev–Trinajstić information content (AvgIpc) is 3.29. The molecule has 0 bridgehead atoms. The molecule has 12 nitrogen and oxygen atoms in total. The minimum absolute atomic E-state index is 0.00581. The van der Waals surface area contributed by atoms with Crippen molar-refractivity contribution in [1.29, 1.82) is 0 Å². The Kier molecular flexibility index (Phi) is 6.50. The number of nitrogens with one attached hydrogen (secondary N) is 1. The summed E-state index contributed by atoms with van der Waals surface area (Å²) in [5.74, 6) is 0.499. The summed E-state index contributed by atoms with van der Waals surface area (Å²) in [6, 6.07) is 7.59. The van der Waals surface area contributed by atoms with Crippen LogP contribution in [0.3, 0.4) is 0 Å². The number of rotatable bonds is 6. The third-order valence-electron chi connectivity index (χ3n) is 6.87. The van der Waals surface area contributed by atoms with E-state index in [0.29, 0.717) is 24.9 Å². The quantitative estimate of drug-likeness (QED) is 0.382. The lowest BCUT2D eigenvalue weighted by Crippen LogP contribution is -2.44. The number of hydrogen-bond donors (Lipinski definition) is 2. The van der Waals surface area contributed by atoms with Gasteiger partial charge in [-0.15, -0.1) is 0 Å². The fourth-order valence-corrected chi connectivity index (χ4v) is 5.03. The summed E-state index contributed by atoms with van der Waals surface area (Å²) < 4.78 is 4.16. The van der Waals surface area contributed by atoms with Gasteiger partial charge in [0.1, 0.15) is 18.6 Å². The van der Waals surface area contributed by atoms with E-state index in [-0.39, 0.29) is 30.2 Å². The van der Waals surface area contributed by atoms with Gasteiger partial charge in [0, 0.05) is 43.8 Å². The molecular formula is C25H31N9O3. The van der Waals surface area contributed by atoms with Crippen molar-refractivity contribution < 1.29 is 4.79 Å². The Morgan fingerprint density at radius 3 is 2.65 bits per heavy atom. The summed E-state index contributed by atoms with van der Waals surface area (Å²) in [5.41, 5.74) is 6.98. The lowest BCUT2D eigenvalue weighted by atomic mass is 10.1. The first-order chi connectivity index (χ1) is 17.8. The highest BCUT2D eigenvalue weighted by Gasteiger charge is 2.27. The number of carbonyl (C=O) groups is 1. The number of para-hydroxylation sites is 1. The first kappa shape index (κ1) is 24.6. The number of carbonyl (C=O) groups excluding carboxylic acids is 1. The van der Waals surface area contributed by atoms with Crippen molar-refractivity contribution >= 4 is 33.8 Å². The van der Waals surface area contributed by atoms with E-state index in [0.717, 1.165) is 40.7 Å². The molecule has 5 rings (SSSR count). The smallest absolute Gasteiger partial charge is 0.294 e. The number of benzene rings is 1. The molecular weight excluding hydrogens is 474 g/mol. The van der Waals surface area contributed by atoms with Gasteiger partial charge < -0.3 is 20.5 Å². The molecule has 37 heavy (non-hydrogen) atoms. The van der Waals surface area contributed by atoms with Crippen LogP contribution in [-0.4, -0.2) is 61.0 Å². The van der Waals surface area contributed by atoms with Crippen LogP contribution in [-0.2, 0) is 24.4 Å². The number of piperidine rings is 1. The molecule has 1 atom stereocenters. The first-order valence-electron chi connectivity index (χ1n) is 12.5. The first-order valence-corrected chi connectivity index (χ1v) is 12.5. The third kappa shape index (κ3) is 4.37. The summed E-state index contributed by atoms with van der Waals surface area (Å²) >= 11 is 0. The van der Waals surface area contributed by atoms with Crippen molar-refractivity contribution in [2.24, 2.45) is 5.73 Å². The van der Waals surface area contributed by atoms with Crippen LogP contribution in [0.15, 0.2) is 33.9 Å². The van der Waals surface area contributed by atoms with Crippen molar-refractivity contribution in [3.8, 4) is 0 Å². The molecule has 1 unspecified atom stereocenters. The topological polar surface area (TPSA) is 146 Å². The van der Waals surface area contributed by atoms with Gasteiger partial charge in [0.25, 0.3) is 11.1 Å². The summed E-state index contributed by atoms with van der Waals surface area (Å²) in [5, 5.41) is 3.43. The molecule has 0 spiro atoms. The van der Waals surface area contributed by atoms with Crippen LogP contribution in [0.25, 0.3) is 21.9 Å². The normalized spacial score (nSPS) is 16.0. The Labute approximate surface area is 212 Å². The number of fused-ring (bicyclic) bond motifs is 2. The van der Waals surface area contributed by atoms with E-state index < -0.39 is 17.0 Å². The van der Waals surface area contributed by atoms with Gasteiger partial charge in [-0.3, -0.25) is 14.4 Å². The number of aromatic nitrogens is 6. The van der Waals surface area contributed by atoms with Gasteiger partial charge in [-0.25, -0.2) is 24.3 Å². The predicted molar refractivity (Wildman–Crippen MR) is 141 cm³/mol. The Morgan fingerprint density at radius 2 is 1.92 bits per heavy atom. The molecule has 4 aromatic rings. The minimum atomic E-state index is -0.523. The predicted octanol–water partition coefficient (Wildman–Crippen LogP) is 0.353. The molecule has 3 aromatic heterocycles. The molecule has 1 amide bonds. The van der Waals surface area contributed by atoms with Crippen molar-refractivity contribution in [2.75, 3.05) is 25.0 Å². The molecule has 1 fully saturated rings. The van der Waals surface area contributed by atoms with Crippen LogP contribution in [0.5, 0.6) is 0 Å². The van der Waals surface area contributed by atoms with Crippen molar-refractivity contribution in [1.82, 2.24) is 34.2 Å². The lowest BCUT2D eigenvalue weighted by Gasteiger charge is -2.31. The van der Waals surface area contributed by atoms with Crippen LogP contribution in [0.1, 0.15) is 31.3 Å². The molecule has 12 heteroatoms. The number of anilines is 1.